The zero-order chi connectivity index (χ0) is 13.2. The van der Waals surface area contributed by atoms with E-state index in [0.29, 0.717) is 0 Å². The van der Waals surface area contributed by atoms with Gasteiger partial charge in [0, 0.05) is 24.3 Å². The van der Waals surface area contributed by atoms with Gasteiger partial charge in [0.2, 0.25) is 0 Å². The van der Waals surface area contributed by atoms with Gasteiger partial charge in [-0.1, -0.05) is 51.9 Å². The second-order valence-electron chi connectivity index (χ2n) is 5.30. The molecule has 3 heteroatoms. The van der Waals surface area contributed by atoms with Gasteiger partial charge in [-0.25, -0.2) is 0 Å². The highest BCUT2D eigenvalue weighted by atomic mass is 15.3. The van der Waals surface area contributed by atoms with Gasteiger partial charge in [0.25, 0.3) is 0 Å². The smallest absolute Gasteiger partial charge is 0.0537 e. The molecule has 3 nitrogen and oxygen atoms in total. The van der Waals surface area contributed by atoms with Gasteiger partial charge in [-0.3, -0.25) is 4.68 Å². The molecule has 0 saturated heterocycles. The van der Waals surface area contributed by atoms with Gasteiger partial charge in [-0.05, 0) is 13.3 Å². The summed E-state index contributed by atoms with van der Waals surface area (Å²) in [5.74, 6) is 0. The third-order valence-electron chi connectivity index (χ3n) is 3.42. The number of aromatic nitrogens is 2. The summed E-state index contributed by atoms with van der Waals surface area (Å²) in [6.07, 6.45) is 14.8. The molecular weight excluding hydrogens is 222 g/mol. The van der Waals surface area contributed by atoms with Crippen LogP contribution in [0.25, 0.3) is 0 Å². The largest absolute Gasteiger partial charge is 0.324 e. The lowest BCUT2D eigenvalue weighted by Gasteiger charge is -2.03. The standard InChI is InChI=1S/C15H29N3/c1-3-4-5-6-7-8-9-10-11-18-13-15(12-17-18)14(2)16/h12-14H,3-11,16H2,1-2H3. The Hall–Kier alpha value is -0.830. The van der Waals surface area contributed by atoms with Gasteiger partial charge in [0.1, 0.15) is 0 Å². The highest BCUT2D eigenvalue weighted by Gasteiger charge is 2.02. The summed E-state index contributed by atoms with van der Waals surface area (Å²) in [5.41, 5.74) is 6.94. The van der Waals surface area contributed by atoms with E-state index < -0.39 is 0 Å². The fourth-order valence-corrected chi connectivity index (χ4v) is 2.14. The van der Waals surface area contributed by atoms with Crippen LogP contribution >= 0.6 is 0 Å². The number of aryl methyl sites for hydroxylation is 1. The van der Waals surface area contributed by atoms with Crippen molar-refractivity contribution >= 4 is 0 Å². The molecule has 0 spiro atoms. The molecule has 0 saturated carbocycles. The van der Waals surface area contributed by atoms with Crippen molar-refractivity contribution in [3.63, 3.8) is 0 Å². The molecule has 1 unspecified atom stereocenters. The third kappa shape index (κ3) is 6.20. The summed E-state index contributed by atoms with van der Waals surface area (Å²) in [7, 11) is 0. The first-order valence-corrected chi connectivity index (χ1v) is 7.52. The molecule has 1 rings (SSSR count). The Kier molecular flexibility index (Phi) is 7.74. The van der Waals surface area contributed by atoms with Crippen molar-refractivity contribution in [2.24, 2.45) is 5.73 Å². The molecule has 0 radical (unpaired) electrons. The summed E-state index contributed by atoms with van der Waals surface area (Å²) < 4.78 is 2.02. The number of unbranched alkanes of at least 4 members (excludes halogenated alkanes) is 7. The quantitative estimate of drug-likeness (QED) is 0.638. The van der Waals surface area contributed by atoms with E-state index in [-0.39, 0.29) is 6.04 Å². The second-order valence-corrected chi connectivity index (χ2v) is 5.30. The first kappa shape index (κ1) is 15.2. The Morgan fingerprint density at radius 3 is 2.28 bits per heavy atom. The van der Waals surface area contributed by atoms with Crippen LogP contribution in [0.15, 0.2) is 12.4 Å². The fourth-order valence-electron chi connectivity index (χ4n) is 2.14. The van der Waals surface area contributed by atoms with Crippen LogP contribution in [-0.2, 0) is 6.54 Å². The van der Waals surface area contributed by atoms with Crippen LogP contribution < -0.4 is 5.73 Å². The highest BCUT2D eigenvalue weighted by Crippen LogP contribution is 2.10. The van der Waals surface area contributed by atoms with Crippen LogP contribution in [-0.4, -0.2) is 9.78 Å². The topological polar surface area (TPSA) is 43.8 Å². The van der Waals surface area contributed by atoms with E-state index in [1.807, 2.05) is 17.8 Å². The Bertz CT molecular complexity index is 304. The molecule has 18 heavy (non-hydrogen) atoms. The molecule has 1 atom stereocenters. The van der Waals surface area contributed by atoms with E-state index in [1.165, 1.54) is 51.4 Å². The van der Waals surface area contributed by atoms with Gasteiger partial charge in [-0.2, -0.15) is 5.10 Å². The van der Waals surface area contributed by atoms with Crippen molar-refractivity contribution in [1.82, 2.24) is 9.78 Å². The molecule has 0 aliphatic carbocycles. The minimum atomic E-state index is 0.0947. The van der Waals surface area contributed by atoms with Crippen LogP contribution in [0.5, 0.6) is 0 Å². The van der Waals surface area contributed by atoms with Crippen molar-refractivity contribution in [2.75, 3.05) is 0 Å². The summed E-state index contributed by atoms with van der Waals surface area (Å²) in [5, 5.41) is 4.33. The lowest BCUT2D eigenvalue weighted by Crippen LogP contribution is -2.03. The number of rotatable bonds is 10. The van der Waals surface area contributed by atoms with E-state index in [0.717, 1.165) is 12.1 Å². The Morgan fingerprint density at radius 1 is 1.11 bits per heavy atom. The normalized spacial score (nSPS) is 12.8. The van der Waals surface area contributed by atoms with E-state index in [9.17, 15) is 0 Å². The third-order valence-corrected chi connectivity index (χ3v) is 3.42. The number of nitrogens with zero attached hydrogens (tertiary/aromatic N) is 2. The van der Waals surface area contributed by atoms with Crippen molar-refractivity contribution in [2.45, 2.75) is 77.8 Å². The Morgan fingerprint density at radius 2 is 1.72 bits per heavy atom. The van der Waals surface area contributed by atoms with Gasteiger partial charge in [0.15, 0.2) is 0 Å². The summed E-state index contributed by atoms with van der Waals surface area (Å²) >= 11 is 0. The molecule has 104 valence electrons. The van der Waals surface area contributed by atoms with E-state index in [2.05, 4.69) is 18.2 Å². The van der Waals surface area contributed by atoms with Crippen LogP contribution in [0.3, 0.4) is 0 Å². The average Bonchev–Trinajstić information content (AvgIpc) is 2.81. The zero-order valence-corrected chi connectivity index (χ0v) is 12.1. The summed E-state index contributed by atoms with van der Waals surface area (Å²) in [6, 6.07) is 0.0947. The number of nitrogens with two attached hydrogens (primary N) is 1. The Balaban J connectivity index is 2.00. The predicted octanol–water partition coefficient (Wildman–Crippen LogP) is 4.04. The second kappa shape index (κ2) is 9.15. The van der Waals surface area contributed by atoms with Crippen LogP contribution in [0.1, 0.15) is 76.8 Å². The molecule has 0 aliphatic rings. The lowest BCUT2D eigenvalue weighted by atomic mass is 10.1. The monoisotopic (exact) mass is 251 g/mol. The van der Waals surface area contributed by atoms with E-state index in [4.69, 9.17) is 5.73 Å². The summed E-state index contributed by atoms with van der Waals surface area (Å²) in [6.45, 7) is 5.29. The molecule has 1 aromatic heterocycles. The maximum Gasteiger partial charge on any atom is 0.0537 e. The zero-order valence-electron chi connectivity index (χ0n) is 12.1. The summed E-state index contributed by atoms with van der Waals surface area (Å²) in [4.78, 5) is 0. The lowest BCUT2D eigenvalue weighted by molar-refractivity contribution is 0.519. The first-order valence-electron chi connectivity index (χ1n) is 7.52. The maximum absolute atomic E-state index is 5.81. The predicted molar refractivity (Wildman–Crippen MR) is 77.4 cm³/mol. The van der Waals surface area contributed by atoms with Crippen molar-refractivity contribution in [3.8, 4) is 0 Å². The van der Waals surface area contributed by atoms with Crippen molar-refractivity contribution in [3.05, 3.63) is 18.0 Å². The average molecular weight is 251 g/mol. The maximum atomic E-state index is 5.81. The van der Waals surface area contributed by atoms with E-state index >= 15 is 0 Å². The van der Waals surface area contributed by atoms with Crippen LogP contribution in [0.4, 0.5) is 0 Å². The number of hydrogen-bond donors (Lipinski definition) is 1. The first-order chi connectivity index (χ1) is 8.74. The molecule has 1 aromatic rings. The van der Waals surface area contributed by atoms with Gasteiger partial charge < -0.3 is 5.73 Å². The highest BCUT2D eigenvalue weighted by molar-refractivity contribution is 5.07. The molecule has 0 aliphatic heterocycles. The molecule has 0 aromatic carbocycles. The van der Waals surface area contributed by atoms with E-state index in [1.54, 1.807) is 0 Å². The fraction of sp³-hybridized carbons (Fsp3) is 0.800. The molecule has 0 amide bonds. The SMILES string of the molecule is CCCCCCCCCCn1cc(C(C)N)cn1. The molecule has 0 bridgehead atoms. The molecular formula is C15H29N3. The molecule has 2 N–H and O–H groups in total. The van der Waals surface area contributed by atoms with Crippen molar-refractivity contribution < 1.29 is 0 Å². The van der Waals surface area contributed by atoms with Crippen LogP contribution in [0, 0.1) is 0 Å². The van der Waals surface area contributed by atoms with Crippen LogP contribution in [0.2, 0.25) is 0 Å². The van der Waals surface area contributed by atoms with Gasteiger partial charge >= 0.3 is 0 Å². The molecule has 1 heterocycles. The minimum Gasteiger partial charge on any atom is -0.324 e. The van der Waals surface area contributed by atoms with Gasteiger partial charge in [0.05, 0.1) is 6.20 Å². The van der Waals surface area contributed by atoms with Gasteiger partial charge in [-0.15, -0.1) is 0 Å². The molecule has 0 fully saturated rings. The number of hydrogen-bond acceptors (Lipinski definition) is 2. The van der Waals surface area contributed by atoms with Crippen molar-refractivity contribution in [1.29, 1.82) is 0 Å². The Labute approximate surface area is 112 Å². The minimum absolute atomic E-state index is 0.0947.